The maximum absolute atomic E-state index is 11.8. The summed E-state index contributed by atoms with van der Waals surface area (Å²) in [5, 5.41) is 4.94. The first-order valence-electron chi connectivity index (χ1n) is 8.26. The molecule has 0 spiro atoms. The molecule has 5 nitrogen and oxygen atoms in total. The Morgan fingerprint density at radius 1 is 1.24 bits per heavy atom. The van der Waals surface area contributed by atoms with E-state index in [0.29, 0.717) is 31.9 Å². The molecule has 0 aliphatic heterocycles. The molecule has 0 saturated carbocycles. The second-order valence-electron chi connectivity index (χ2n) is 5.63. The van der Waals surface area contributed by atoms with Crippen LogP contribution in [0.2, 0.25) is 0 Å². The molecular formula is C19H21N3O2S. The fraction of sp³-hybridized carbons (Fsp3) is 0.263. The molecule has 1 heterocycles. The van der Waals surface area contributed by atoms with Gasteiger partial charge < -0.3 is 15.4 Å². The number of hydrogen-bond acceptors (Lipinski definition) is 6. The van der Waals surface area contributed by atoms with E-state index in [1.54, 1.807) is 12.3 Å². The monoisotopic (exact) mass is 355 g/mol. The van der Waals surface area contributed by atoms with E-state index in [9.17, 15) is 4.79 Å². The summed E-state index contributed by atoms with van der Waals surface area (Å²) in [6.07, 6.45) is 0. The Kier molecular flexibility index (Phi) is 5.63. The van der Waals surface area contributed by atoms with Crippen LogP contribution in [0.4, 0.5) is 5.13 Å². The van der Waals surface area contributed by atoms with Gasteiger partial charge in [0.15, 0.2) is 10.8 Å². The third kappa shape index (κ3) is 4.15. The Bertz CT molecular complexity index is 863. The van der Waals surface area contributed by atoms with Crippen molar-refractivity contribution in [2.75, 3.05) is 24.6 Å². The van der Waals surface area contributed by atoms with Gasteiger partial charge in [-0.25, -0.2) is 9.78 Å². The van der Waals surface area contributed by atoms with Crippen molar-refractivity contribution in [1.29, 1.82) is 0 Å². The molecule has 0 saturated heterocycles. The van der Waals surface area contributed by atoms with Gasteiger partial charge in [-0.2, -0.15) is 0 Å². The molecule has 0 aliphatic carbocycles. The maximum Gasteiger partial charge on any atom is 0.357 e. The second-order valence-corrected chi connectivity index (χ2v) is 6.46. The standard InChI is InChI=1S/C19H21N3O2S/c1-2-24-18(23)17-13-25-19(21-17)22(10-9-20)12-14-7-8-15-5-3-4-6-16(15)11-14/h3-8,11,13H,2,9-10,12,20H2,1H3. The molecule has 0 bridgehead atoms. The highest BCUT2D eigenvalue weighted by atomic mass is 32.1. The van der Waals surface area contributed by atoms with Crippen LogP contribution in [0.15, 0.2) is 47.8 Å². The SMILES string of the molecule is CCOC(=O)c1csc(N(CCN)Cc2ccc3ccccc3c2)n1. The van der Waals surface area contributed by atoms with Gasteiger partial charge in [-0.3, -0.25) is 0 Å². The number of hydrogen-bond donors (Lipinski definition) is 1. The van der Waals surface area contributed by atoms with Gasteiger partial charge in [0.25, 0.3) is 0 Å². The molecular weight excluding hydrogens is 334 g/mol. The lowest BCUT2D eigenvalue weighted by Gasteiger charge is -2.21. The summed E-state index contributed by atoms with van der Waals surface area (Å²) in [6.45, 7) is 4.00. The first-order chi connectivity index (χ1) is 12.2. The Morgan fingerprint density at radius 2 is 2.04 bits per heavy atom. The smallest absolute Gasteiger partial charge is 0.357 e. The maximum atomic E-state index is 11.8. The van der Waals surface area contributed by atoms with Gasteiger partial charge in [0.2, 0.25) is 0 Å². The first kappa shape index (κ1) is 17.4. The number of anilines is 1. The number of carbonyl (C=O) groups is 1. The third-order valence-electron chi connectivity index (χ3n) is 3.83. The number of thiazole rings is 1. The molecule has 0 aliphatic rings. The van der Waals surface area contributed by atoms with Crippen LogP contribution in [0.1, 0.15) is 23.0 Å². The largest absolute Gasteiger partial charge is 0.461 e. The molecule has 130 valence electrons. The van der Waals surface area contributed by atoms with Crippen LogP contribution >= 0.6 is 11.3 Å². The predicted octanol–water partition coefficient (Wildman–Crippen LogP) is 3.44. The number of esters is 1. The van der Waals surface area contributed by atoms with Crippen molar-refractivity contribution in [3.05, 3.63) is 59.1 Å². The van der Waals surface area contributed by atoms with Crippen molar-refractivity contribution in [2.24, 2.45) is 5.73 Å². The minimum atomic E-state index is -0.386. The lowest BCUT2D eigenvalue weighted by Crippen LogP contribution is -2.29. The molecule has 0 amide bonds. The summed E-state index contributed by atoms with van der Waals surface area (Å²) in [4.78, 5) is 18.3. The number of benzene rings is 2. The number of carbonyl (C=O) groups excluding carboxylic acids is 1. The lowest BCUT2D eigenvalue weighted by atomic mass is 10.1. The Morgan fingerprint density at radius 3 is 2.80 bits per heavy atom. The summed E-state index contributed by atoms with van der Waals surface area (Å²) in [5.41, 5.74) is 7.30. The number of nitrogens with two attached hydrogens (primary N) is 1. The molecule has 0 unspecified atom stereocenters. The van der Waals surface area contributed by atoms with Crippen molar-refractivity contribution < 1.29 is 9.53 Å². The second kappa shape index (κ2) is 8.09. The fourth-order valence-electron chi connectivity index (χ4n) is 2.66. The van der Waals surface area contributed by atoms with E-state index in [1.165, 1.54) is 27.7 Å². The van der Waals surface area contributed by atoms with E-state index in [4.69, 9.17) is 10.5 Å². The van der Waals surface area contributed by atoms with Crippen LogP contribution in [-0.2, 0) is 11.3 Å². The van der Waals surface area contributed by atoms with Crippen molar-refractivity contribution >= 4 is 33.2 Å². The minimum absolute atomic E-state index is 0.343. The number of nitrogens with zero attached hydrogens (tertiary/aromatic N) is 2. The molecule has 1 aromatic heterocycles. The summed E-state index contributed by atoms with van der Waals surface area (Å²) in [7, 11) is 0. The van der Waals surface area contributed by atoms with Crippen LogP contribution in [-0.4, -0.2) is 30.6 Å². The Hall–Kier alpha value is -2.44. The van der Waals surface area contributed by atoms with E-state index in [-0.39, 0.29) is 5.97 Å². The molecule has 2 aromatic carbocycles. The molecule has 3 aromatic rings. The Balaban J connectivity index is 1.81. The van der Waals surface area contributed by atoms with Crippen molar-refractivity contribution in [2.45, 2.75) is 13.5 Å². The highest BCUT2D eigenvalue weighted by molar-refractivity contribution is 7.13. The highest BCUT2D eigenvalue weighted by Gasteiger charge is 2.16. The van der Waals surface area contributed by atoms with Crippen molar-refractivity contribution in [1.82, 2.24) is 4.98 Å². The van der Waals surface area contributed by atoms with Gasteiger partial charge in [0, 0.05) is 25.0 Å². The number of aromatic nitrogens is 1. The van der Waals surface area contributed by atoms with Gasteiger partial charge in [0.05, 0.1) is 6.61 Å². The molecule has 0 fully saturated rings. The van der Waals surface area contributed by atoms with E-state index in [1.807, 2.05) is 12.1 Å². The van der Waals surface area contributed by atoms with Crippen LogP contribution in [0.25, 0.3) is 10.8 Å². The van der Waals surface area contributed by atoms with Crippen LogP contribution < -0.4 is 10.6 Å². The topological polar surface area (TPSA) is 68.5 Å². The fourth-order valence-corrected chi connectivity index (χ4v) is 3.49. The highest BCUT2D eigenvalue weighted by Crippen LogP contribution is 2.24. The molecule has 6 heteroatoms. The first-order valence-corrected chi connectivity index (χ1v) is 9.14. The van der Waals surface area contributed by atoms with E-state index < -0.39 is 0 Å². The van der Waals surface area contributed by atoms with Crippen LogP contribution in [0, 0.1) is 0 Å². The molecule has 2 N–H and O–H groups in total. The van der Waals surface area contributed by atoms with E-state index in [2.05, 4.69) is 40.2 Å². The normalized spacial score (nSPS) is 10.8. The third-order valence-corrected chi connectivity index (χ3v) is 4.73. The Labute approximate surface area is 151 Å². The van der Waals surface area contributed by atoms with Gasteiger partial charge in [-0.15, -0.1) is 11.3 Å². The quantitative estimate of drug-likeness (QED) is 0.658. The minimum Gasteiger partial charge on any atom is -0.461 e. The number of rotatable bonds is 7. The molecule has 3 rings (SSSR count). The zero-order valence-electron chi connectivity index (χ0n) is 14.1. The molecule has 25 heavy (non-hydrogen) atoms. The van der Waals surface area contributed by atoms with Gasteiger partial charge >= 0.3 is 5.97 Å². The van der Waals surface area contributed by atoms with Crippen LogP contribution in [0.3, 0.4) is 0 Å². The predicted molar refractivity (Wildman–Crippen MR) is 102 cm³/mol. The number of ether oxygens (including phenoxy) is 1. The molecule has 0 radical (unpaired) electrons. The summed E-state index contributed by atoms with van der Waals surface area (Å²) in [5.74, 6) is -0.386. The van der Waals surface area contributed by atoms with E-state index in [0.717, 1.165) is 5.13 Å². The van der Waals surface area contributed by atoms with Gasteiger partial charge in [-0.05, 0) is 29.3 Å². The summed E-state index contributed by atoms with van der Waals surface area (Å²) < 4.78 is 5.01. The zero-order chi connectivity index (χ0) is 17.6. The zero-order valence-corrected chi connectivity index (χ0v) is 15.0. The van der Waals surface area contributed by atoms with Crippen molar-refractivity contribution in [3.8, 4) is 0 Å². The van der Waals surface area contributed by atoms with Gasteiger partial charge in [-0.1, -0.05) is 36.4 Å². The average molecular weight is 355 g/mol. The number of fused-ring (bicyclic) bond motifs is 1. The van der Waals surface area contributed by atoms with E-state index >= 15 is 0 Å². The summed E-state index contributed by atoms with van der Waals surface area (Å²) >= 11 is 1.43. The summed E-state index contributed by atoms with van der Waals surface area (Å²) in [6, 6.07) is 14.7. The van der Waals surface area contributed by atoms with Crippen LogP contribution in [0.5, 0.6) is 0 Å². The lowest BCUT2D eigenvalue weighted by molar-refractivity contribution is 0.0520. The van der Waals surface area contributed by atoms with Gasteiger partial charge in [0.1, 0.15) is 0 Å². The van der Waals surface area contributed by atoms with Crippen molar-refractivity contribution in [3.63, 3.8) is 0 Å². The average Bonchev–Trinajstić information content (AvgIpc) is 3.12. The molecule has 0 atom stereocenters.